The number of allylic oxidation sites excluding steroid dienone is 2. The quantitative estimate of drug-likeness (QED) is 0.610. The molecule has 0 unspecified atom stereocenters. The van der Waals surface area contributed by atoms with Crippen LogP contribution in [0.15, 0.2) is 35.9 Å². The Kier molecular flexibility index (Phi) is 3.75. The van der Waals surface area contributed by atoms with Gasteiger partial charge in [-0.05, 0) is 39.2 Å². The van der Waals surface area contributed by atoms with Crippen molar-refractivity contribution in [2.75, 3.05) is 0 Å². The minimum absolute atomic E-state index is 1.16. The molecule has 0 saturated carbocycles. The average molecular weight is 174 g/mol. The van der Waals surface area contributed by atoms with Crippen LogP contribution in [0, 0.1) is 6.92 Å². The maximum atomic E-state index is 2.29. The third kappa shape index (κ3) is 3.93. The third-order valence-electron chi connectivity index (χ3n) is 2.11. The molecule has 0 fully saturated rings. The van der Waals surface area contributed by atoms with E-state index in [9.17, 15) is 0 Å². The van der Waals surface area contributed by atoms with Gasteiger partial charge in [-0.1, -0.05) is 41.5 Å². The van der Waals surface area contributed by atoms with Crippen molar-refractivity contribution in [3.63, 3.8) is 0 Å². The summed E-state index contributed by atoms with van der Waals surface area (Å²) in [6.07, 6.45) is 4.61. The molecule has 0 atom stereocenters. The van der Waals surface area contributed by atoms with Crippen molar-refractivity contribution in [3.05, 3.63) is 47.0 Å². The highest BCUT2D eigenvalue weighted by atomic mass is 14.0. The van der Waals surface area contributed by atoms with Gasteiger partial charge in [-0.2, -0.15) is 0 Å². The molecule has 0 aliphatic heterocycles. The molecule has 0 amide bonds. The molecule has 0 aromatic heterocycles. The third-order valence-corrected chi connectivity index (χ3v) is 2.11. The van der Waals surface area contributed by atoms with Crippen molar-refractivity contribution in [2.45, 2.75) is 33.6 Å². The molecule has 1 aromatic rings. The van der Waals surface area contributed by atoms with Crippen LogP contribution in [0.25, 0.3) is 0 Å². The molecule has 0 N–H and O–H groups in total. The minimum atomic E-state index is 1.16. The molecule has 0 bridgehead atoms. The first kappa shape index (κ1) is 10.0. The summed E-state index contributed by atoms with van der Waals surface area (Å²) in [5.41, 5.74) is 4.18. The number of rotatable bonds is 3. The first-order valence-electron chi connectivity index (χ1n) is 4.87. The van der Waals surface area contributed by atoms with E-state index in [1.807, 2.05) is 0 Å². The van der Waals surface area contributed by atoms with Crippen molar-refractivity contribution in [1.29, 1.82) is 0 Å². The number of hydrogen-bond acceptors (Lipinski definition) is 0. The van der Waals surface area contributed by atoms with E-state index >= 15 is 0 Å². The van der Waals surface area contributed by atoms with Gasteiger partial charge in [-0.15, -0.1) is 0 Å². The molecule has 0 heterocycles. The van der Waals surface area contributed by atoms with Crippen molar-refractivity contribution in [1.82, 2.24) is 0 Å². The Bertz CT molecular complexity index is 273. The van der Waals surface area contributed by atoms with Crippen LogP contribution in [-0.2, 0) is 6.42 Å². The molecule has 0 heteroatoms. The summed E-state index contributed by atoms with van der Waals surface area (Å²) in [6, 6.07) is 8.79. The minimum Gasteiger partial charge on any atom is -0.0856 e. The van der Waals surface area contributed by atoms with Crippen LogP contribution in [0.2, 0.25) is 0 Å². The fourth-order valence-corrected chi connectivity index (χ4v) is 1.28. The molecule has 0 aliphatic carbocycles. The van der Waals surface area contributed by atoms with E-state index in [0.717, 1.165) is 12.8 Å². The maximum absolute atomic E-state index is 2.29. The van der Waals surface area contributed by atoms with E-state index in [2.05, 4.69) is 51.1 Å². The zero-order valence-electron chi connectivity index (χ0n) is 8.80. The van der Waals surface area contributed by atoms with Gasteiger partial charge in [0, 0.05) is 0 Å². The van der Waals surface area contributed by atoms with Crippen molar-refractivity contribution in [3.8, 4) is 0 Å². The van der Waals surface area contributed by atoms with Crippen molar-refractivity contribution >= 4 is 0 Å². The molecule has 0 aliphatic rings. The first-order chi connectivity index (χ1) is 6.18. The average Bonchev–Trinajstić information content (AvgIpc) is 2.08. The van der Waals surface area contributed by atoms with Crippen LogP contribution in [0.1, 0.15) is 31.4 Å². The van der Waals surface area contributed by atoms with Gasteiger partial charge in [0.2, 0.25) is 0 Å². The van der Waals surface area contributed by atoms with Gasteiger partial charge in [0.05, 0.1) is 0 Å². The summed E-state index contributed by atoms with van der Waals surface area (Å²) in [7, 11) is 0. The lowest BCUT2D eigenvalue weighted by molar-refractivity contribution is 0.987. The van der Waals surface area contributed by atoms with Crippen LogP contribution < -0.4 is 0 Å². The van der Waals surface area contributed by atoms with Gasteiger partial charge >= 0.3 is 0 Å². The summed E-state index contributed by atoms with van der Waals surface area (Å²) in [5, 5.41) is 0. The second kappa shape index (κ2) is 4.86. The molecule has 0 nitrogen and oxygen atoms in total. The summed E-state index contributed by atoms with van der Waals surface area (Å²) >= 11 is 0. The highest BCUT2D eigenvalue weighted by Gasteiger charge is 1.90. The Balaban J connectivity index is 2.46. The lowest BCUT2D eigenvalue weighted by atomic mass is 10.1. The standard InChI is InChI=1S/C13H18/c1-11(2)5-4-6-13-9-7-12(3)8-10-13/h5,7-10H,4,6H2,1-3H3. The number of aryl methyl sites for hydroxylation is 2. The summed E-state index contributed by atoms with van der Waals surface area (Å²) in [5.74, 6) is 0. The largest absolute Gasteiger partial charge is 0.0856 e. The Labute approximate surface area is 81.3 Å². The zero-order valence-corrected chi connectivity index (χ0v) is 8.80. The van der Waals surface area contributed by atoms with E-state index in [-0.39, 0.29) is 0 Å². The lowest BCUT2D eigenvalue weighted by Gasteiger charge is -1.99. The van der Waals surface area contributed by atoms with E-state index in [1.54, 1.807) is 0 Å². The van der Waals surface area contributed by atoms with Crippen molar-refractivity contribution in [2.24, 2.45) is 0 Å². The normalized spacial score (nSPS) is 9.77. The van der Waals surface area contributed by atoms with E-state index in [1.165, 1.54) is 16.7 Å². The summed E-state index contributed by atoms with van der Waals surface area (Å²) < 4.78 is 0. The van der Waals surface area contributed by atoms with Gasteiger partial charge < -0.3 is 0 Å². The molecular weight excluding hydrogens is 156 g/mol. The Hall–Kier alpha value is -1.04. The molecule has 13 heavy (non-hydrogen) atoms. The van der Waals surface area contributed by atoms with Crippen LogP contribution in [0.3, 0.4) is 0 Å². The predicted octanol–water partition coefficient (Wildman–Crippen LogP) is 3.89. The maximum Gasteiger partial charge on any atom is -0.0244 e. The Morgan fingerprint density at radius 2 is 1.77 bits per heavy atom. The fourth-order valence-electron chi connectivity index (χ4n) is 1.28. The highest BCUT2D eigenvalue weighted by Crippen LogP contribution is 2.06. The number of hydrogen-bond donors (Lipinski definition) is 0. The van der Waals surface area contributed by atoms with E-state index in [0.29, 0.717) is 0 Å². The molecule has 1 aromatic carbocycles. The lowest BCUT2D eigenvalue weighted by Crippen LogP contribution is -1.83. The monoisotopic (exact) mass is 174 g/mol. The van der Waals surface area contributed by atoms with Gasteiger partial charge in [0.1, 0.15) is 0 Å². The molecule has 0 spiro atoms. The first-order valence-corrected chi connectivity index (χ1v) is 4.87. The molecule has 0 saturated heterocycles. The molecule has 0 radical (unpaired) electrons. The van der Waals surface area contributed by atoms with Crippen LogP contribution in [-0.4, -0.2) is 0 Å². The second-order valence-corrected chi connectivity index (χ2v) is 3.81. The zero-order chi connectivity index (χ0) is 9.68. The Morgan fingerprint density at radius 1 is 1.15 bits per heavy atom. The van der Waals surface area contributed by atoms with Gasteiger partial charge in [0.15, 0.2) is 0 Å². The Morgan fingerprint density at radius 3 is 2.31 bits per heavy atom. The molecular formula is C13H18. The van der Waals surface area contributed by atoms with E-state index in [4.69, 9.17) is 0 Å². The van der Waals surface area contributed by atoms with Gasteiger partial charge in [0.25, 0.3) is 0 Å². The van der Waals surface area contributed by atoms with Crippen LogP contribution in [0.4, 0.5) is 0 Å². The smallest absolute Gasteiger partial charge is 0.0244 e. The van der Waals surface area contributed by atoms with Gasteiger partial charge in [-0.3, -0.25) is 0 Å². The topological polar surface area (TPSA) is 0 Å². The number of benzene rings is 1. The van der Waals surface area contributed by atoms with Crippen LogP contribution >= 0.6 is 0 Å². The summed E-state index contributed by atoms with van der Waals surface area (Å²) in [6.45, 7) is 6.42. The second-order valence-electron chi connectivity index (χ2n) is 3.81. The predicted molar refractivity (Wildman–Crippen MR) is 58.9 cm³/mol. The van der Waals surface area contributed by atoms with E-state index < -0.39 is 0 Å². The van der Waals surface area contributed by atoms with Gasteiger partial charge in [-0.25, -0.2) is 0 Å². The molecule has 70 valence electrons. The molecule has 1 rings (SSSR count). The fraction of sp³-hybridized carbons (Fsp3) is 0.385. The van der Waals surface area contributed by atoms with Crippen molar-refractivity contribution < 1.29 is 0 Å². The van der Waals surface area contributed by atoms with Crippen LogP contribution in [0.5, 0.6) is 0 Å². The highest BCUT2D eigenvalue weighted by molar-refractivity contribution is 5.21. The summed E-state index contributed by atoms with van der Waals surface area (Å²) in [4.78, 5) is 0. The SMILES string of the molecule is CC(C)=CCCc1ccc(C)cc1.